The highest BCUT2D eigenvalue weighted by Gasteiger charge is 2.49. The van der Waals surface area contributed by atoms with Crippen LogP contribution in [0.1, 0.15) is 37.6 Å². The average molecular weight is 489 g/mol. The fourth-order valence-electron chi connectivity index (χ4n) is 4.81. The molecular formula is C23H30N5O5S+. The number of hydrogen-bond donors (Lipinski definition) is 1. The van der Waals surface area contributed by atoms with Crippen molar-refractivity contribution in [3.05, 3.63) is 40.7 Å². The summed E-state index contributed by atoms with van der Waals surface area (Å²) in [5.74, 6) is -0.675. The van der Waals surface area contributed by atoms with E-state index in [0.29, 0.717) is 23.7 Å². The zero-order valence-electron chi connectivity index (χ0n) is 19.7. The van der Waals surface area contributed by atoms with Crippen LogP contribution in [0.15, 0.2) is 33.7 Å². The molecule has 0 radical (unpaired) electrons. The molecule has 182 valence electrons. The lowest BCUT2D eigenvalue weighted by molar-refractivity contribution is -0.448. The Morgan fingerprint density at radius 1 is 1.29 bits per heavy atom. The lowest BCUT2D eigenvalue weighted by Gasteiger charge is -2.28. The monoisotopic (exact) mass is 488 g/mol. The van der Waals surface area contributed by atoms with Gasteiger partial charge in [-0.15, -0.1) is 0 Å². The van der Waals surface area contributed by atoms with Gasteiger partial charge < -0.3 is 9.42 Å². The molecule has 5 rings (SSSR count). The number of nitrogens with zero attached hydrogens (tertiary/aromatic N) is 4. The van der Waals surface area contributed by atoms with Crippen molar-refractivity contribution in [1.82, 2.24) is 19.7 Å². The summed E-state index contributed by atoms with van der Waals surface area (Å²) in [6.07, 6.45) is 7.08. The third kappa shape index (κ3) is 4.39. The summed E-state index contributed by atoms with van der Waals surface area (Å²) in [6.45, 7) is 5.85. The van der Waals surface area contributed by atoms with Gasteiger partial charge in [0, 0.05) is 24.1 Å². The molecule has 2 unspecified atom stereocenters. The van der Waals surface area contributed by atoms with E-state index in [1.54, 1.807) is 23.6 Å². The number of likely N-dealkylation sites (tertiary alicyclic amines) is 1. The van der Waals surface area contributed by atoms with Crippen LogP contribution in [-0.2, 0) is 21.4 Å². The zero-order valence-corrected chi connectivity index (χ0v) is 20.5. The first-order valence-electron chi connectivity index (χ1n) is 11.6. The maximum Gasteiger partial charge on any atom is 0.501 e. The Hall–Kier alpha value is -2.63. The number of sulfonamides is 1. The van der Waals surface area contributed by atoms with Crippen LogP contribution in [0.2, 0.25) is 0 Å². The van der Waals surface area contributed by atoms with Gasteiger partial charge in [0.1, 0.15) is 11.6 Å². The summed E-state index contributed by atoms with van der Waals surface area (Å²) in [5.41, 5.74) is 0.741. The van der Waals surface area contributed by atoms with E-state index in [1.807, 2.05) is 14.0 Å². The third-order valence-corrected chi connectivity index (χ3v) is 8.64. The topological polar surface area (TPSA) is 116 Å². The van der Waals surface area contributed by atoms with Crippen molar-refractivity contribution in [3.8, 4) is 0 Å². The molecule has 3 amide bonds. The van der Waals surface area contributed by atoms with E-state index in [4.69, 9.17) is 4.52 Å². The lowest BCUT2D eigenvalue weighted by Crippen LogP contribution is -2.55. The number of amides is 3. The Morgan fingerprint density at radius 3 is 2.68 bits per heavy atom. The molecule has 2 atom stereocenters. The van der Waals surface area contributed by atoms with Crippen LogP contribution in [0, 0.1) is 18.8 Å². The van der Waals surface area contributed by atoms with E-state index in [2.05, 4.69) is 14.8 Å². The molecular weight excluding hydrogens is 458 g/mol. The number of aromatic nitrogens is 1. The van der Waals surface area contributed by atoms with Crippen molar-refractivity contribution >= 4 is 27.7 Å². The van der Waals surface area contributed by atoms with E-state index < -0.39 is 33.4 Å². The molecule has 3 heterocycles. The van der Waals surface area contributed by atoms with E-state index in [-0.39, 0.29) is 17.4 Å². The molecule has 11 heteroatoms. The number of carbonyl (C=O) groups is 2. The number of rotatable bonds is 7. The van der Waals surface area contributed by atoms with Crippen LogP contribution in [0.25, 0.3) is 0 Å². The van der Waals surface area contributed by atoms with Crippen LogP contribution in [0.4, 0.5) is 4.79 Å². The fraction of sp³-hybridized carbons (Fsp3) is 0.565. The van der Waals surface area contributed by atoms with E-state index in [1.165, 1.54) is 12.2 Å². The third-order valence-electron chi connectivity index (χ3n) is 6.98. The van der Waals surface area contributed by atoms with Crippen molar-refractivity contribution in [2.75, 3.05) is 26.7 Å². The van der Waals surface area contributed by atoms with Gasteiger partial charge in [0.15, 0.2) is 12.3 Å². The molecule has 1 saturated carbocycles. The van der Waals surface area contributed by atoms with E-state index in [0.717, 1.165) is 37.3 Å². The van der Waals surface area contributed by atoms with Gasteiger partial charge in [-0.3, -0.25) is 0 Å². The van der Waals surface area contributed by atoms with Crippen molar-refractivity contribution in [2.45, 2.75) is 45.2 Å². The Morgan fingerprint density at radius 2 is 2.06 bits per heavy atom. The van der Waals surface area contributed by atoms with E-state index in [9.17, 15) is 18.0 Å². The summed E-state index contributed by atoms with van der Waals surface area (Å²) >= 11 is 0. The summed E-state index contributed by atoms with van der Waals surface area (Å²) in [7, 11) is -1.74. The number of urea groups is 1. The summed E-state index contributed by atoms with van der Waals surface area (Å²) in [5, 5.41) is 3.85. The first kappa shape index (κ1) is 23.1. The zero-order chi connectivity index (χ0) is 24.3. The second-order valence-electron chi connectivity index (χ2n) is 10.1. The van der Waals surface area contributed by atoms with Gasteiger partial charge in [-0.05, 0) is 64.9 Å². The quantitative estimate of drug-likeness (QED) is 0.577. The van der Waals surface area contributed by atoms with Crippen LogP contribution < -0.4 is 4.72 Å². The van der Waals surface area contributed by atoms with Crippen LogP contribution in [0.3, 0.4) is 0 Å². The number of imide groups is 1. The molecule has 0 bridgehead atoms. The number of fused-ring (bicyclic) bond motifs is 1. The van der Waals surface area contributed by atoms with Crippen LogP contribution in [0.5, 0.6) is 0 Å². The van der Waals surface area contributed by atoms with Crippen molar-refractivity contribution in [2.24, 2.45) is 11.8 Å². The predicted molar refractivity (Wildman–Crippen MR) is 123 cm³/mol. The maximum absolute atomic E-state index is 13.5. The number of aryl methyl sites for hydroxylation is 1. The highest BCUT2D eigenvalue weighted by atomic mass is 32.2. The first-order valence-corrected chi connectivity index (χ1v) is 13.1. The Labute approximate surface area is 199 Å². The average Bonchev–Trinajstić information content (AvgIpc) is 3.14. The molecule has 0 aromatic carbocycles. The van der Waals surface area contributed by atoms with Gasteiger partial charge in [0.05, 0.1) is 17.1 Å². The minimum Gasteiger partial charge on any atom is -0.357 e. The van der Waals surface area contributed by atoms with E-state index >= 15 is 0 Å². The summed E-state index contributed by atoms with van der Waals surface area (Å²) < 4.78 is 35.6. The molecule has 34 heavy (non-hydrogen) atoms. The molecule has 1 aromatic heterocycles. The van der Waals surface area contributed by atoms with Crippen molar-refractivity contribution in [3.63, 3.8) is 0 Å². The molecule has 0 spiro atoms. The molecule has 1 aromatic rings. The predicted octanol–water partition coefficient (Wildman–Crippen LogP) is 1.39. The van der Waals surface area contributed by atoms with Crippen LogP contribution >= 0.6 is 0 Å². The number of nitrogens with one attached hydrogen (secondary N) is 1. The number of allylic oxidation sites excluding steroid dienone is 2. The van der Waals surface area contributed by atoms with Gasteiger partial charge in [-0.1, -0.05) is 5.16 Å². The molecule has 1 saturated heterocycles. The van der Waals surface area contributed by atoms with Gasteiger partial charge in [-0.2, -0.15) is 14.3 Å². The first-order chi connectivity index (χ1) is 16.0. The lowest BCUT2D eigenvalue weighted by atomic mass is 9.93. The number of hydrogen-bond acceptors (Lipinski definition) is 7. The fourth-order valence-corrected chi connectivity index (χ4v) is 6.34. The smallest absolute Gasteiger partial charge is 0.357 e. The van der Waals surface area contributed by atoms with Gasteiger partial charge in [-0.25, -0.2) is 17.9 Å². The Balaban J connectivity index is 1.50. The van der Waals surface area contributed by atoms with Gasteiger partial charge >= 0.3 is 11.9 Å². The normalized spacial score (nSPS) is 26.8. The molecule has 2 aliphatic heterocycles. The summed E-state index contributed by atoms with van der Waals surface area (Å²) in [4.78, 5) is 30.4. The maximum atomic E-state index is 13.5. The molecule has 2 aliphatic carbocycles. The molecule has 2 fully saturated rings. The van der Waals surface area contributed by atoms with Crippen LogP contribution in [-0.4, -0.2) is 77.8 Å². The van der Waals surface area contributed by atoms with Gasteiger partial charge in [0.2, 0.25) is 10.0 Å². The minimum atomic E-state index is -3.78. The Kier molecular flexibility index (Phi) is 5.61. The highest BCUT2D eigenvalue weighted by Crippen LogP contribution is 2.36. The summed E-state index contributed by atoms with van der Waals surface area (Å²) in [6, 6.07) is 1.26. The largest absolute Gasteiger partial charge is 0.501 e. The number of carbonyl (C=O) groups excluding carboxylic acids is 2. The molecule has 10 nitrogen and oxygen atoms in total. The van der Waals surface area contributed by atoms with Crippen molar-refractivity contribution in [1.29, 1.82) is 0 Å². The second kappa shape index (κ2) is 8.24. The van der Waals surface area contributed by atoms with Gasteiger partial charge in [0.25, 0.3) is 0 Å². The highest BCUT2D eigenvalue weighted by molar-refractivity contribution is 7.93. The molecule has 1 N–H and O–H groups in total. The molecule has 4 aliphatic rings. The Bertz CT molecular complexity index is 1240. The second-order valence-corrected chi connectivity index (χ2v) is 11.8. The standard InChI is InChI=1S/C23H30N5O5S/c1-15-10-17(33-24-15)14-28-21(29)19-11-18(34(31,32)25-23(2)7-8-23)4-5-20(19)27(22(28)30)13-16-6-9-26(3)12-16/h4-5,10-11,16,19,25H,6-9,12-14H2,1-3H3/q+1. The SMILES string of the molecule is Cc1cc(CN2C(=O)C3C=C(S(=O)(=O)NC4(C)CC4)C=CC3=[N+](CC3CCN(C)C3)C2=O)on1. The van der Waals surface area contributed by atoms with Crippen molar-refractivity contribution < 1.29 is 27.1 Å². The minimum absolute atomic E-state index is 0.0492.